The van der Waals surface area contributed by atoms with Crippen LogP contribution >= 0.6 is 0 Å². The van der Waals surface area contributed by atoms with Gasteiger partial charge < -0.3 is 16.0 Å². The number of nitrogens with one attached hydrogen (secondary N) is 3. The van der Waals surface area contributed by atoms with Gasteiger partial charge in [0.25, 0.3) is 0 Å². The molecule has 0 fully saturated rings. The van der Waals surface area contributed by atoms with Gasteiger partial charge in [-0.15, -0.1) is 0 Å². The van der Waals surface area contributed by atoms with Gasteiger partial charge >= 0.3 is 0 Å². The lowest BCUT2D eigenvalue weighted by Crippen LogP contribution is -1.90. The molecular formula is C5H8N6. The van der Waals surface area contributed by atoms with E-state index in [0.29, 0.717) is 11.6 Å². The number of hydrogen-bond acceptors (Lipinski definition) is 4. The summed E-state index contributed by atoms with van der Waals surface area (Å²) < 4.78 is 0. The van der Waals surface area contributed by atoms with E-state index in [1.807, 2.05) is 0 Å². The molecule has 0 spiro atoms. The standard InChI is InChI=1S/C5H8N6/c1-7-3-2-4(11-10-3)9-5(6)8-2/h1H3,(H5,6,7,8,9,10,11). The average molecular weight is 152 g/mol. The Morgan fingerprint density at radius 2 is 2.36 bits per heavy atom. The van der Waals surface area contributed by atoms with Crippen LogP contribution in [0.3, 0.4) is 0 Å². The molecule has 6 nitrogen and oxygen atoms in total. The third-order valence-electron chi connectivity index (χ3n) is 1.47. The summed E-state index contributed by atoms with van der Waals surface area (Å²) in [5.41, 5.74) is 6.90. The molecule has 0 aliphatic heterocycles. The van der Waals surface area contributed by atoms with Crippen LogP contribution in [0.25, 0.3) is 11.2 Å². The minimum atomic E-state index is 0.394. The summed E-state index contributed by atoms with van der Waals surface area (Å²) in [5, 5.41) is 9.55. The number of aromatic amines is 2. The normalized spacial score (nSPS) is 10.6. The Labute approximate surface area is 62.2 Å². The van der Waals surface area contributed by atoms with Crippen LogP contribution in [-0.4, -0.2) is 27.2 Å². The van der Waals surface area contributed by atoms with Gasteiger partial charge in [0.15, 0.2) is 17.4 Å². The number of fused-ring (bicyclic) bond motifs is 1. The molecule has 0 aromatic carbocycles. The van der Waals surface area contributed by atoms with Crippen molar-refractivity contribution < 1.29 is 0 Å². The Morgan fingerprint density at radius 3 is 3.09 bits per heavy atom. The van der Waals surface area contributed by atoms with Gasteiger partial charge in [0.2, 0.25) is 0 Å². The smallest absolute Gasteiger partial charge is 0.200 e. The van der Waals surface area contributed by atoms with Crippen molar-refractivity contribution in [1.29, 1.82) is 0 Å². The summed E-state index contributed by atoms with van der Waals surface area (Å²) in [5.74, 6) is 1.12. The van der Waals surface area contributed by atoms with Crippen LogP contribution < -0.4 is 11.1 Å². The molecule has 0 aliphatic rings. The predicted octanol–water partition coefficient (Wildman–Crippen LogP) is -0.0901. The summed E-state index contributed by atoms with van der Waals surface area (Å²) in [7, 11) is 1.78. The summed E-state index contributed by atoms with van der Waals surface area (Å²) in [6, 6.07) is 0. The first-order chi connectivity index (χ1) is 5.31. The fourth-order valence-electron chi connectivity index (χ4n) is 0.989. The molecule has 0 saturated carbocycles. The predicted molar refractivity (Wildman–Crippen MR) is 42.2 cm³/mol. The van der Waals surface area contributed by atoms with Crippen molar-refractivity contribution >= 4 is 22.9 Å². The van der Waals surface area contributed by atoms with E-state index in [-0.39, 0.29) is 0 Å². The number of H-pyrrole nitrogens is 2. The van der Waals surface area contributed by atoms with Gasteiger partial charge in [-0.3, -0.25) is 5.10 Å². The lowest BCUT2D eigenvalue weighted by Gasteiger charge is -1.88. The van der Waals surface area contributed by atoms with Gasteiger partial charge in [-0.2, -0.15) is 10.1 Å². The summed E-state index contributed by atoms with van der Waals surface area (Å²) >= 11 is 0. The minimum absolute atomic E-state index is 0.394. The maximum Gasteiger partial charge on any atom is 0.200 e. The van der Waals surface area contributed by atoms with Crippen LogP contribution in [0.1, 0.15) is 0 Å². The third kappa shape index (κ3) is 0.721. The lowest BCUT2D eigenvalue weighted by atomic mass is 10.5. The molecule has 5 N–H and O–H groups in total. The van der Waals surface area contributed by atoms with E-state index in [9.17, 15) is 0 Å². The van der Waals surface area contributed by atoms with E-state index < -0.39 is 0 Å². The molecule has 0 saturated heterocycles. The molecule has 2 aromatic heterocycles. The van der Waals surface area contributed by atoms with Gasteiger partial charge in [-0.05, 0) is 0 Å². The maximum atomic E-state index is 5.42. The molecule has 0 bridgehead atoms. The highest BCUT2D eigenvalue weighted by Crippen LogP contribution is 2.17. The molecular weight excluding hydrogens is 144 g/mol. The van der Waals surface area contributed by atoms with Crippen molar-refractivity contribution in [2.24, 2.45) is 0 Å². The summed E-state index contributed by atoms with van der Waals surface area (Å²) in [6.45, 7) is 0. The van der Waals surface area contributed by atoms with Crippen LogP contribution in [0.2, 0.25) is 0 Å². The van der Waals surface area contributed by atoms with E-state index in [1.54, 1.807) is 7.05 Å². The topological polar surface area (TPSA) is 95.4 Å². The zero-order valence-corrected chi connectivity index (χ0v) is 5.97. The summed E-state index contributed by atoms with van der Waals surface area (Å²) in [6.07, 6.45) is 0. The largest absolute Gasteiger partial charge is 0.370 e. The van der Waals surface area contributed by atoms with E-state index in [0.717, 1.165) is 11.3 Å². The molecule has 2 rings (SSSR count). The monoisotopic (exact) mass is 152 g/mol. The zero-order chi connectivity index (χ0) is 7.84. The van der Waals surface area contributed by atoms with Crippen molar-refractivity contribution in [2.45, 2.75) is 0 Å². The quantitative estimate of drug-likeness (QED) is 0.459. The van der Waals surface area contributed by atoms with E-state index in [2.05, 4.69) is 25.5 Å². The second-order valence-electron chi connectivity index (χ2n) is 2.17. The SMILES string of the molecule is CNc1n[nH]c2nc(N)[nH]c12. The number of nitrogens with two attached hydrogens (primary N) is 1. The number of nitrogens with zero attached hydrogens (tertiary/aromatic N) is 2. The van der Waals surface area contributed by atoms with Crippen LogP contribution in [0, 0.1) is 0 Å². The Balaban J connectivity index is 2.73. The van der Waals surface area contributed by atoms with E-state index in [4.69, 9.17) is 5.73 Å². The fourth-order valence-corrected chi connectivity index (χ4v) is 0.989. The van der Waals surface area contributed by atoms with Gasteiger partial charge in [-0.25, -0.2) is 0 Å². The Hall–Kier alpha value is -1.72. The van der Waals surface area contributed by atoms with Crippen molar-refractivity contribution in [3.63, 3.8) is 0 Å². The van der Waals surface area contributed by atoms with Crippen molar-refractivity contribution in [1.82, 2.24) is 20.2 Å². The molecule has 11 heavy (non-hydrogen) atoms. The van der Waals surface area contributed by atoms with Crippen LogP contribution in [0.15, 0.2) is 0 Å². The highest BCUT2D eigenvalue weighted by Gasteiger charge is 2.06. The first-order valence-corrected chi connectivity index (χ1v) is 3.18. The fraction of sp³-hybridized carbons (Fsp3) is 0.200. The molecule has 0 amide bonds. The molecule has 2 aromatic rings. The van der Waals surface area contributed by atoms with Crippen LogP contribution in [0.5, 0.6) is 0 Å². The Bertz CT molecular complexity index is 371. The Kier molecular flexibility index (Phi) is 1.03. The first kappa shape index (κ1) is 6.02. The van der Waals surface area contributed by atoms with Gasteiger partial charge in [0, 0.05) is 7.05 Å². The van der Waals surface area contributed by atoms with E-state index >= 15 is 0 Å². The zero-order valence-electron chi connectivity index (χ0n) is 5.97. The summed E-state index contributed by atoms with van der Waals surface area (Å²) in [4.78, 5) is 6.81. The molecule has 0 radical (unpaired) electrons. The number of imidazole rings is 1. The highest BCUT2D eigenvalue weighted by atomic mass is 15.2. The number of anilines is 2. The van der Waals surface area contributed by atoms with Crippen LogP contribution in [-0.2, 0) is 0 Å². The van der Waals surface area contributed by atoms with Gasteiger partial charge in [0.1, 0.15) is 5.52 Å². The van der Waals surface area contributed by atoms with Crippen molar-refractivity contribution in [2.75, 3.05) is 18.1 Å². The van der Waals surface area contributed by atoms with Crippen LogP contribution in [0.4, 0.5) is 11.8 Å². The van der Waals surface area contributed by atoms with Crippen molar-refractivity contribution in [3.05, 3.63) is 0 Å². The molecule has 58 valence electrons. The second-order valence-corrected chi connectivity index (χ2v) is 2.17. The number of hydrogen-bond donors (Lipinski definition) is 4. The number of aromatic nitrogens is 4. The number of nitrogen functional groups attached to an aromatic ring is 1. The Morgan fingerprint density at radius 1 is 1.55 bits per heavy atom. The molecule has 2 heterocycles. The molecule has 0 unspecified atom stereocenters. The third-order valence-corrected chi connectivity index (χ3v) is 1.47. The molecule has 0 atom stereocenters. The second kappa shape index (κ2) is 1.88. The molecule has 6 heteroatoms. The van der Waals surface area contributed by atoms with E-state index in [1.165, 1.54) is 0 Å². The minimum Gasteiger partial charge on any atom is -0.370 e. The van der Waals surface area contributed by atoms with Crippen molar-refractivity contribution in [3.8, 4) is 0 Å². The van der Waals surface area contributed by atoms with Gasteiger partial charge in [0.05, 0.1) is 0 Å². The van der Waals surface area contributed by atoms with Gasteiger partial charge in [-0.1, -0.05) is 0 Å². The first-order valence-electron chi connectivity index (χ1n) is 3.18. The lowest BCUT2D eigenvalue weighted by molar-refractivity contribution is 1.09. The highest BCUT2D eigenvalue weighted by molar-refractivity contribution is 5.84. The molecule has 0 aliphatic carbocycles. The number of rotatable bonds is 1. The average Bonchev–Trinajstić information content (AvgIpc) is 2.45. The maximum absolute atomic E-state index is 5.42.